The average Bonchev–Trinajstić information content (AvgIpc) is 2.94. The number of aromatic nitrogens is 1. The lowest BCUT2D eigenvalue weighted by molar-refractivity contribution is -0.161. The summed E-state index contributed by atoms with van der Waals surface area (Å²) in [5.41, 5.74) is 0.871. The normalized spacial score (nSPS) is 27.2. The van der Waals surface area contributed by atoms with Gasteiger partial charge in [0.1, 0.15) is 24.1 Å². The van der Waals surface area contributed by atoms with Gasteiger partial charge in [-0.25, -0.2) is 9.78 Å². The van der Waals surface area contributed by atoms with Crippen molar-refractivity contribution in [3.8, 4) is 11.6 Å². The van der Waals surface area contributed by atoms with Crippen LogP contribution in [0.4, 0.5) is 0 Å². The summed E-state index contributed by atoms with van der Waals surface area (Å²) in [7, 11) is 1.52. The Bertz CT molecular complexity index is 1130. The molecule has 5 rings (SSSR count). The Kier molecular flexibility index (Phi) is 8.44. The van der Waals surface area contributed by atoms with E-state index < -0.39 is 43.1 Å². The molecule has 6 unspecified atom stereocenters. The number of aliphatic hydroxyl groups is 6. The maximum Gasteiger partial charge on any atom is 0.344 e. The van der Waals surface area contributed by atoms with Crippen LogP contribution in [0.5, 0.6) is 11.6 Å². The number of aliphatic hydroxyl groups excluding tert-OH is 6. The van der Waals surface area contributed by atoms with Crippen LogP contribution in [0.3, 0.4) is 0 Å². The SMILES string of the molecule is C=C[C@H]1CN2CCC1C[C@H]2[C@H](O)c1cc(OC(=O)C(O)C(O)C(O)C(O)CO)nc2ccc(OC)cc12. The molecule has 4 heterocycles. The van der Waals surface area contributed by atoms with Gasteiger partial charge >= 0.3 is 5.97 Å². The summed E-state index contributed by atoms with van der Waals surface area (Å²) in [5.74, 6) is -0.207. The van der Waals surface area contributed by atoms with E-state index in [0.29, 0.717) is 34.1 Å². The number of methoxy groups -OCH3 is 1. The second-order valence-corrected chi connectivity index (χ2v) is 9.72. The number of piperidine rings is 3. The van der Waals surface area contributed by atoms with Gasteiger partial charge in [0.05, 0.1) is 25.3 Å². The van der Waals surface area contributed by atoms with E-state index >= 15 is 0 Å². The Morgan fingerprint density at radius 2 is 1.97 bits per heavy atom. The van der Waals surface area contributed by atoms with Gasteiger partial charge in [0.2, 0.25) is 5.88 Å². The minimum absolute atomic E-state index is 0.169. The molecule has 3 aliphatic rings. The number of nitrogens with zero attached hydrogens (tertiary/aromatic N) is 2. The Labute approximate surface area is 214 Å². The zero-order chi connectivity index (χ0) is 26.9. The Hall–Kier alpha value is -2.64. The highest BCUT2D eigenvalue weighted by molar-refractivity contribution is 5.86. The number of rotatable bonds is 10. The van der Waals surface area contributed by atoms with E-state index in [4.69, 9.17) is 14.6 Å². The third-order valence-corrected chi connectivity index (χ3v) is 7.56. The first-order chi connectivity index (χ1) is 17.7. The topological polar surface area (TPSA) is 173 Å². The maximum atomic E-state index is 12.5. The van der Waals surface area contributed by atoms with Crippen LogP contribution in [0.1, 0.15) is 24.5 Å². The summed E-state index contributed by atoms with van der Waals surface area (Å²) >= 11 is 0. The molecule has 1 aromatic heterocycles. The number of pyridine rings is 1. The van der Waals surface area contributed by atoms with E-state index in [1.54, 1.807) is 18.2 Å². The van der Waals surface area contributed by atoms with Crippen LogP contribution in [-0.4, -0.2) is 104 Å². The van der Waals surface area contributed by atoms with Crippen molar-refractivity contribution in [1.82, 2.24) is 9.88 Å². The van der Waals surface area contributed by atoms with Gasteiger partial charge in [-0.05, 0) is 55.0 Å². The van der Waals surface area contributed by atoms with Crippen molar-refractivity contribution < 1.29 is 44.9 Å². The van der Waals surface area contributed by atoms with E-state index in [1.807, 2.05) is 6.08 Å². The number of carbonyl (C=O) groups is 1. The fraction of sp³-hybridized carbons (Fsp3) is 0.538. The highest BCUT2D eigenvalue weighted by atomic mass is 16.6. The van der Waals surface area contributed by atoms with Crippen LogP contribution in [0.15, 0.2) is 36.9 Å². The van der Waals surface area contributed by atoms with Crippen LogP contribution in [0.2, 0.25) is 0 Å². The maximum absolute atomic E-state index is 12.5. The van der Waals surface area contributed by atoms with Crippen molar-refractivity contribution in [3.05, 3.63) is 42.5 Å². The van der Waals surface area contributed by atoms with Crippen LogP contribution >= 0.6 is 0 Å². The molecule has 2 bridgehead atoms. The van der Waals surface area contributed by atoms with Gasteiger partial charge in [0, 0.05) is 24.0 Å². The summed E-state index contributed by atoms with van der Waals surface area (Å²) in [6.07, 6.45) is -5.27. The predicted octanol–water partition coefficient (Wildman–Crippen LogP) is -0.485. The van der Waals surface area contributed by atoms with E-state index in [1.165, 1.54) is 13.2 Å². The quantitative estimate of drug-likeness (QED) is 0.177. The number of carbonyl (C=O) groups excluding carboxylic acids is 1. The number of hydrogen-bond acceptors (Lipinski definition) is 11. The Balaban J connectivity index is 1.64. The fourth-order valence-electron chi connectivity index (χ4n) is 5.37. The minimum atomic E-state index is -2.23. The molecule has 9 atom stereocenters. The summed E-state index contributed by atoms with van der Waals surface area (Å²) in [4.78, 5) is 19.1. The molecule has 202 valence electrons. The molecule has 1 aromatic carbocycles. The minimum Gasteiger partial charge on any atom is -0.497 e. The molecule has 0 aliphatic carbocycles. The molecule has 3 saturated heterocycles. The van der Waals surface area contributed by atoms with Gasteiger partial charge < -0.3 is 40.1 Å². The van der Waals surface area contributed by atoms with E-state index in [0.717, 1.165) is 25.9 Å². The van der Waals surface area contributed by atoms with Crippen LogP contribution in [0.25, 0.3) is 10.9 Å². The van der Waals surface area contributed by atoms with Gasteiger partial charge in [-0.1, -0.05) is 6.08 Å². The number of benzene rings is 1. The highest BCUT2D eigenvalue weighted by Crippen LogP contribution is 2.43. The Morgan fingerprint density at radius 1 is 1.22 bits per heavy atom. The zero-order valence-electron chi connectivity index (χ0n) is 20.6. The number of hydrogen-bond donors (Lipinski definition) is 6. The first kappa shape index (κ1) is 27.4. The molecular weight excluding hydrogens is 484 g/mol. The first-order valence-electron chi connectivity index (χ1n) is 12.3. The molecular formula is C26H34N2O9. The summed E-state index contributed by atoms with van der Waals surface area (Å²) in [5, 5.41) is 60.6. The molecule has 6 N–H and O–H groups in total. The van der Waals surface area contributed by atoms with Crippen molar-refractivity contribution >= 4 is 16.9 Å². The summed E-state index contributed by atoms with van der Waals surface area (Å²) in [6, 6.07) is 6.30. The van der Waals surface area contributed by atoms with Crippen LogP contribution < -0.4 is 9.47 Å². The smallest absolute Gasteiger partial charge is 0.344 e. The van der Waals surface area contributed by atoms with Gasteiger partial charge in [-0.3, -0.25) is 4.90 Å². The molecule has 11 nitrogen and oxygen atoms in total. The van der Waals surface area contributed by atoms with Crippen molar-refractivity contribution in [1.29, 1.82) is 0 Å². The van der Waals surface area contributed by atoms with Gasteiger partial charge in [0.25, 0.3) is 0 Å². The zero-order valence-corrected chi connectivity index (χ0v) is 20.6. The molecule has 0 saturated carbocycles. The van der Waals surface area contributed by atoms with Gasteiger partial charge in [-0.2, -0.15) is 0 Å². The predicted molar refractivity (Wildman–Crippen MR) is 132 cm³/mol. The Morgan fingerprint density at radius 3 is 2.59 bits per heavy atom. The number of esters is 1. The second-order valence-electron chi connectivity index (χ2n) is 9.72. The fourth-order valence-corrected chi connectivity index (χ4v) is 5.37. The first-order valence-corrected chi connectivity index (χ1v) is 12.3. The van der Waals surface area contributed by atoms with E-state index in [-0.39, 0.29) is 11.9 Å². The van der Waals surface area contributed by atoms with Crippen molar-refractivity contribution in [2.24, 2.45) is 11.8 Å². The summed E-state index contributed by atoms with van der Waals surface area (Å²) in [6.45, 7) is 4.72. The van der Waals surface area contributed by atoms with E-state index in [9.17, 15) is 30.3 Å². The number of fused-ring (bicyclic) bond motifs is 4. The standard InChI is InChI=1S/C26H34N2O9/c1-3-13-11-28-7-6-14(13)8-19(28)22(31)17-10-21(27-18-5-4-15(36-2)9-16(17)18)37-26(35)25(34)24(33)23(32)20(30)12-29/h3-5,9-10,13-14,19-20,22-25,29-34H,1,6-8,11-12H2,2H3/t13-,14?,19-,20?,22+,23?,24?,25?/m0/s1. The molecule has 3 aliphatic heterocycles. The third-order valence-electron chi connectivity index (χ3n) is 7.56. The summed E-state index contributed by atoms with van der Waals surface area (Å²) < 4.78 is 10.6. The largest absolute Gasteiger partial charge is 0.497 e. The second kappa shape index (κ2) is 11.4. The molecule has 3 fully saturated rings. The highest BCUT2D eigenvalue weighted by Gasteiger charge is 2.42. The third kappa shape index (κ3) is 5.48. The molecule has 2 aromatic rings. The van der Waals surface area contributed by atoms with Crippen molar-refractivity contribution in [2.75, 3.05) is 26.8 Å². The lowest BCUT2D eigenvalue weighted by atomic mass is 9.73. The lowest BCUT2D eigenvalue weighted by Gasteiger charge is -2.50. The molecule has 37 heavy (non-hydrogen) atoms. The van der Waals surface area contributed by atoms with E-state index in [2.05, 4.69) is 16.5 Å². The van der Waals surface area contributed by atoms with Gasteiger partial charge in [0.15, 0.2) is 6.10 Å². The molecule has 11 heteroatoms. The monoisotopic (exact) mass is 518 g/mol. The average molecular weight is 519 g/mol. The lowest BCUT2D eigenvalue weighted by Crippen LogP contribution is -2.54. The van der Waals surface area contributed by atoms with Crippen LogP contribution in [0, 0.1) is 11.8 Å². The van der Waals surface area contributed by atoms with Crippen LogP contribution in [-0.2, 0) is 4.79 Å². The van der Waals surface area contributed by atoms with Crippen molar-refractivity contribution in [2.45, 2.75) is 49.4 Å². The number of ether oxygens (including phenoxy) is 2. The van der Waals surface area contributed by atoms with Gasteiger partial charge in [-0.15, -0.1) is 6.58 Å². The molecule has 0 amide bonds. The molecule has 0 radical (unpaired) electrons. The van der Waals surface area contributed by atoms with Crippen molar-refractivity contribution in [3.63, 3.8) is 0 Å². The molecule has 0 spiro atoms.